The monoisotopic (exact) mass is 610 g/mol. The molecular formula is C39H62O5. The molecule has 0 heterocycles. The molecule has 1 aromatic carbocycles. The number of carbonyl (C=O) groups is 2. The smallest absolute Gasteiger partial charge is 0.224 e. The minimum absolute atomic E-state index is 0.0282. The molecule has 0 radical (unpaired) electrons. The lowest BCUT2D eigenvalue weighted by Gasteiger charge is -2.22. The number of aryl methyl sites for hydroxylation is 1. The molecule has 2 N–H and O–H groups in total. The summed E-state index contributed by atoms with van der Waals surface area (Å²) in [5.41, 5.74) is 1.82. The highest BCUT2D eigenvalue weighted by Gasteiger charge is 2.32. The quantitative estimate of drug-likeness (QED) is 0.0805. The summed E-state index contributed by atoms with van der Waals surface area (Å²) in [6.45, 7) is 4.49. The molecule has 1 aliphatic carbocycles. The van der Waals surface area contributed by atoms with E-state index in [1.54, 1.807) is 6.07 Å². The van der Waals surface area contributed by atoms with Crippen LogP contribution in [-0.2, 0) is 20.7 Å². The predicted molar refractivity (Wildman–Crippen MR) is 183 cm³/mol. The first-order valence-corrected chi connectivity index (χ1v) is 18.1. The van der Waals surface area contributed by atoms with Gasteiger partial charge >= 0.3 is 0 Å². The minimum atomic E-state index is -0.319. The summed E-state index contributed by atoms with van der Waals surface area (Å²) in [4.78, 5) is 26.8. The number of hydrogen-bond acceptors (Lipinski definition) is 5. The van der Waals surface area contributed by atoms with Gasteiger partial charge in [-0.3, -0.25) is 9.59 Å². The second-order valence-corrected chi connectivity index (χ2v) is 12.8. The molecule has 0 saturated heterocycles. The molecule has 0 aromatic heterocycles. The van der Waals surface area contributed by atoms with E-state index < -0.39 is 0 Å². The third-order valence-electron chi connectivity index (χ3n) is 9.04. The molecule has 1 aliphatic rings. The van der Waals surface area contributed by atoms with Crippen LogP contribution < -0.4 is 0 Å². The molecular weight excluding hydrogens is 548 g/mol. The largest absolute Gasteiger partial charge is 0.508 e. The van der Waals surface area contributed by atoms with Crippen molar-refractivity contribution in [3.8, 4) is 11.5 Å². The fraction of sp³-hybridized carbons (Fsp3) is 0.692. The van der Waals surface area contributed by atoms with Gasteiger partial charge in [-0.1, -0.05) is 142 Å². The summed E-state index contributed by atoms with van der Waals surface area (Å²) in [6, 6.07) is 2.92. The van der Waals surface area contributed by atoms with Crippen LogP contribution >= 0.6 is 0 Å². The van der Waals surface area contributed by atoms with Crippen LogP contribution in [0.1, 0.15) is 173 Å². The Labute approximate surface area is 268 Å². The van der Waals surface area contributed by atoms with Crippen molar-refractivity contribution in [3.63, 3.8) is 0 Å². The van der Waals surface area contributed by atoms with Crippen LogP contribution in [0.4, 0.5) is 0 Å². The van der Waals surface area contributed by atoms with Crippen molar-refractivity contribution in [2.24, 2.45) is 0 Å². The highest BCUT2D eigenvalue weighted by molar-refractivity contribution is 6.37. The standard InChI is InChI=1S/C39H62O5/c1-4-6-8-10-12-14-16-18-20-22-24-26-31-28-32(40)29-34(41)37(31)38-33(39(43)36(44-3)30-35(38)42)27-25-23-21-19-17-15-13-11-9-7-5-2/h28-30,40-41H,4-27H2,1-3H3. The number of phenolic OH excluding ortho intramolecular Hbond substituents is 2. The maximum Gasteiger partial charge on any atom is 0.224 e. The second kappa shape index (κ2) is 22.9. The summed E-state index contributed by atoms with van der Waals surface area (Å²) >= 11 is 0. The Hall–Kier alpha value is -2.56. The third kappa shape index (κ3) is 13.6. The average Bonchev–Trinajstić information content (AvgIpc) is 3.00. The Balaban J connectivity index is 1.99. The van der Waals surface area contributed by atoms with Gasteiger partial charge in [-0.15, -0.1) is 0 Å². The molecule has 5 heteroatoms. The van der Waals surface area contributed by atoms with Crippen molar-refractivity contribution in [3.05, 3.63) is 40.7 Å². The summed E-state index contributed by atoms with van der Waals surface area (Å²) in [6.07, 6.45) is 29.1. The highest BCUT2D eigenvalue weighted by atomic mass is 16.5. The van der Waals surface area contributed by atoms with Crippen molar-refractivity contribution in [1.29, 1.82) is 0 Å². The number of ether oxygens (including phenoxy) is 1. The first-order valence-electron chi connectivity index (χ1n) is 18.1. The zero-order valence-corrected chi connectivity index (χ0v) is 28.3. The fourth-order valence-corrected chi connectivity index (χ4v) is 6.43. The van der Waals surface area contributed by atoms with E-state index in [1.165, 1.54) is 122 Å². The van der Waals surface area contributed by atoms with Gasteiger partial charge in [-0.05, 0) is 37.3 Å². The van der Waals surface area contributed by atoms with Gasteiger partial charge in [0.25, 0.3) is 0 Å². The van der Waals surface area contributed by atoms with Crippen LogP contribution in [0.2, 0.25) is 0 Å². The van der Waals surface area contributed by atoms with Gasteiger partial charge in [0.2, 0.25) is 5.78 Å². The number of Topliss-reactive ketones (excluding diaryl/α,β-unsaturated/α-hetero) is 1. The molecule has 0 fully saturated rings. The molecule has 0 aliphatic heterocycles. The maximum absolute atomic E-state index is 13.4. The summed E-state index contributed by atoms with van der Waals surface area (Å²) in [5.74, 6) is -0.713. The van der Waals surface area contributed by atoms with Gasteiger partial charge in [-0.25, -0.2) is 0 Å². The summed E-state index contributed by atoms with van der Waals surface area (Å²) in [5, 5.41) is 21.3. The molecule has 2 rings (SSSR count). The number of methoxy groups -OCH3 is 1. The molecule has 5 nitrogen and oxygen atoms in total. The lowest BCUT2D eigenvalue weighted by Crippen LogP contribution is -2.20. The number of hydrogen-bond donors (Lipinski definition) is 2. The Kier molecular flexibility index (Phi) is 19.6. The molecule has 44 heavy (non-hydrogen) atoms. The lowest BCUT2D eigenvalue weighted by molar-refractivity contribution is -0.117. The van der Waals surface area contributed by atoms with Crippen LogP contribution in [0.15, 0.2) is 29.5 Å². The highest BCUT2D eigenvalue weighted by Crippen LogP contribution is 2.40. The molecule has 0 saturated carbocycles. The fourth-order valence-electron chi connectivity index (χ4n) is 6.43. The van der Waals surface area contributed by atoms with E-state index in [0.717, 1.165) is 44.1 Å². The molecule has 0 atom stereocenters. The Morgan fingerprint density at radius 3 is 1.48 bits per heavy atom. The number of unbranched alkanes of at least 4 members (excludes halogenated alkanes) is 20. The molecule has 0 amide bonds. The van der Waals surface area contributed by atoms with E-state index in [-0.39, 0.29) is 34.4 Å². The van der Waals surface area contributed by atoms with E-state index in [9.17, 15) is 19.8 Å². The number of benzene rings is 1. The van der Waals surface area contributed by atoms with Gasteiger partial charge in [0.15, 0.2) is 11.5 Å². The van der Waals surface area contributed by atoms with Crippen LogP contribution in [-0.4, -0.2) is 28.9 Å². The first kappa shape index (κ1) is 37.6. The zero-order chi connectivity index (χ0) is 32.0. The number of phenols is 2. The normalized spacial score (nSPS) is 13.6. The number of allylic oxidation sites excluding steroid dienone is 3. The van der Waals surface area contributed by atoms with Crippen molar-refractivity contribution in [1.82, 2.24) is 0 Å². The number of carbonyl (C=O) groups excluding carboxylic acids is 2. The third-order valence-corrected chi connectivity index (χ3v) is 9.04. The van der Waals surface area contributed by atoms with Crippen molar-refractivity contribution in [2.75, 3.05) is 7.11 Å². The molecule has 0 spiro atoms. The summed E-state index contributed by atoms with van der Waals surface area (Å²) < 4.78 is 5.27. The van der Waals surface area contributed by atoms with Crippen molar-refractivity contribution >= 4 is 17.1 Å². The van der Waals surface area contributed by atoms with Crippen LogP contribution in [0.25, 0.3) is 5.57 Å². The van der Waals surface area contributed by atoms with E-state index in [1.807, 2.05) is 0 Å². The van der Waals surface area contributed by atoms with Crippen molar-refractivity contribution in [2.45, 2.75) is 168 Å². The number of aromatic hydroxyl groups is 2. The molecule has 0 bridgehead atoms. The van der Waals surface area contributed by atoms with Gasteiger partial charge in [0, 0.05) is 28.9 Å². The topological polar surface area (TPSA) is 83.8 Å². The summed E-state index contributed by atoms with van der Waals surface area (Å²) in [7, 11) is 1.41. The van der Waals surface area contributed by atoms with Gasteiger partial charge in [-0.2, -0.15) is 0 Å². The number of rotatable bonds is 26. The Bertz CT molecular complexity index is 1050. The molecule has 0 unspecified atom stereocenters. The van der Waals surface area contributed by atoms with E-state index >= 15 is 0 Å². The minimum Gasteiger partial charge on any atom is -0.508 e. The second-order valence-electron chi connectivity index (χ2n) is 12.8. The van der Waals surface area contributed by atoms with E-state index in [0.29, 0.717) is 24.0 Å². The first-order chi connectivity index (χ1) is 21.4. The van der Waals surface area contributed by atoms with Crippen molar-refractivity contribution < 1.29 is 24.5 Å². The van der Waals surface area contributed by atoms with E-state index in [4.69, 9.17) is 4.74 Å². The Morgan fingerprint density at radius 1 is 0.591 bits per heavy atom. The SMILES string of the molecule is CCCCCCCCCCCCCC1=C(c2c(O)cc(O)cc2CCCCCCCCCCCCC)C(=O)C=C(OC)C1=O. The number of ketones is 2. The van der Waals surface area contributed by atoms with Crippen LogP contribution in [0.3, 0.4) is 0 Å². The lowest BCUT2D eigenvalue weighted by atomic mass is 9.82. The van der Waals surface area contributed by atoms with Gasteiger partial charge in [0.05, 0.1) is 7.11 Å². The molecule has 1 aromatic rings. The van der Waals surface area contributed by atoms with E-state index in [2.05, 4.69) is 13.8 Å². The maximum atomic E-state index is 13.4. The zero-order valence-electron chi connectivity index (χ0n) is 28.3. The molecule has 248 valence electrons. The predicted octanol–water partition coefficient (Wildman–Crippen LogP) is 11.1. The average molecular weight is 611 g/mol. The van der Waals surface area contributed by atoms with Crippen LogP contribution in [0, 0.1) is 0 Å². The van der Waals surface area contributed by atoms with Gasteiger partial charge < -0.3 is 14.9 Å². The van der Waals surface area contributed by atoms with Gasteiger partial charge in [0.1, 0.15) is 11.5 Å². The Morgan fingerprint density at radius 2 is 1.02 bits per heavy atom. The van der Waals surface area contributed by atoms with Crippen LogP contribution in [0.5, 0.6) is 11.5 Å².